The molecule has 0 fully saturated rings. The Morgan fingerprint density at radius 2 is 1.19 bits per heavy atom. The van der Waals surface area contributed by atoms with Crippen molar-refractivity contribution in [3.05, 3.63) is 30.1 Å². The summed E-state index contributed by atoms with van der Waals surface area (Å²) in [5, 5.41) is 8.74. The number of aliphatic hydroxyl groups is 1. The van der Waals surface area contributed by atoms with Gasteiger partial charge in [0.2, 0.25) is 0 Å². The van der Waals surface area contributed by atoms with Crippen molar-refractivity contribution < 1.29 is 26.7 Å². The topological polar surface area (TPSA) is 24.1 Å². The van der Waals surface area contributed by atoms with Crippen molar-refractivity contribution in [2.24, 2.45) is 0 Å². The third-order valence-electron chi connectivity index (χ3n) is 5.10. The van der Waals surface area contributed by atoms with Crippen molar-refractivity contribution in [2.45, 2.75) is 110 Å². The molecule has 0 aromatic carbocycles. The normalized spacial score (nSPS) is 10.7. The lowest BCUT2D eigenvalue weighted by Crippen LogP contribution is -3.00. The van der Waals surface area contributed by atoms with Crippen LogP contribution < -0.4 is 21.5 Å². The monoisotopic (exact) mass is 427 g/mol. The van der Waals surface area contributed by atoms with Crippen molar-refractivity contribution >= 4 is 0 Å². The average Bonchev–Trinajstić information content (AvgIpc) is 2.64. The lowest BCUT2D eigenvalue weighted by Gasteiger charge is -2.03. The van der Waals surface area contributed by atoms with Gasteiger partial charge in [0.1, 0.15) is 6.54 Å². The van der Waals surface area contributed by atoms with E-state index in [1.54, 1.807) is 0 Å². The van der Waals surface area contributed by atoms with Gasteiger partial charge in [-0.3, -0.25) is 0 Å². The molecule has 152 valence electrons. The molecule has 2 nitrogen and oxygen atoms in total. The highest BCUT2D eigenvalue weighted by atomic mass is 79.9. The van der Waals surface area contributed by atoms with Gasteiger partial charge in [-0.25, -0.2) is 4.57 Å². The number of aromatic nitrogens is 1. The van der Waals surface area contributed by atoms with E-state index in [0.717, 1.165) is 13.0 Å². The van der Waals surface area contributed by atoms with Gasteiger partial charge in [0.05, 0.1) is 0 Å². The summed E-state index contributed by atoms with van der Waals surface area (Å²) < 4.78 is 2.34. The smallest absolute Gasteiger partial charge is 0.169 e. The maximum Gasteiger partial charge on any atom is 0.169 e. The number of halogens is 1. The molecule has 0 atom stereocenters. The molecular weight excluding hydrogens is 386 g/mol. The van der Waals surface area contributed by atoms with E-state index in [0.29, 0.717) is 6.61 Å². The second-order valence-electron chi connectivity index (χ2n) is 7.51. The fourth-order valence-corrected chi connectivity index (χ4v) is 3.38. The molecule has 0 amide bonds. The van der Waals surface area contributed by atoms with Crippen LogP contribution >= 0.6 is 0 Å². The number of hydrogen-bond acceptors (Lipinski definition) is 1. The van der Waals surface area contributed by atoms with Crippen LogP contribution in [0, 0.1) is 0 Å². The Morgan fingerprint density at radius 1 is 0.692 bits per heavy atom. The van der Waals surface area contributed by atoms with E-state index < -0.39 is 0 Å². The number of hydrogen-bond donors (Lipinski definition) is 1. The summed E-state index contributed by atoms with van der Waals surface area (Å²) in [4.78, 5) is 0. The van der Waals surface area contributed by atoms with E-state index in [1.807, 2.05) is 0 Å². The Bertz CT molecular complexity index is 394. The van der Waals surface area contributed by atoms with E-state index in [2.05, 4.69) is 36.0 Å². The number of pyridine rings is 1. The fourth-order valence-electron chi connectivity index (χ4n) is 3.38. The van der Waals surface area contributed by atoms with E-state index in [9.17, 15) is 0 Å². The molecule has 0 spiro atoms. The third-order valence-corrected chi connectivity index (χ3v) is 5.10. The van der Waals surface area contributed by atoms with Crippen LogP contribution in [0.1, 0.15) is 102 Å². The molecule has 1 rings (SSSR count). The molecule has 1 heterocycles. The van der Waals surface area contributed by atoms with Crippen LogP contribution in [0.2, 0.25) is 0 Å². The second-order valence-corrected chi connectivity index (χ2v) is 7.51. The first-order chi connectivity index (χ1) is 12.4. The molecule has 0 aliphatic heterocycles. The Labute approximate surface area is 173 Å². The molecule has 1 N–H and O–H groups in total. The van der Waals surface area contributed by atoms with Crippen LogP contribution in [0.25, 0.3) is 0 Å². The Morgan fingerprint density at radius 3 is 1.73 bits per heavy atom. The van der Waals surface area contributed by atoms with Gasteiger partial charge in [0.25, 0.3) is 0 Å². The van der Waals surface area contributed by atoms with E-state index >= 15 is 0 Å². The lowest BCUT2D eigenvalue weighted by molar-refractivity contribution is -0.697. The average molecular weight is 428 g/mol. The number of unbranched alkanes of at least 4 members (excludes halogenated alkanes) is 12. The van der Waals surface area contributed by atoms with Crippen LogP contribution in [-0.4, -0.2) is 11.7 Å². The predicted molar refractivity (Wildman–Crippen MR) is 108 cm³/mol. The molecule has 1 aromatic heterocycles. The summed E-state index contributed by atoms with van der Waals surface area (Å²) in [7, 11) is 0. The summed E-state index contributed by atoms with van der Waals surface area (Å²) >= 11 is 0. The van der Waals surface area contributed by atoms with Crippen molar-refractivity contribution in [1.29, 1.82) is 0 Å². The van der Waals surface area contributed by atoms with Crippen LogP contribution in [-0.2, 0) is 13.0 Å². The molecule has 0 saturated carbocycles. The van der Waals surface area contributed by atoms with E-state index in [-0.39, 0.29) is 17.0 Å². The fraction of sp³-hybridized carbons (Fsp3) is 0.783. The first-order valence-electron chi connectivity index (χ1n) is 11.0. The van der Waals surface area contributed by atoms with Crippen LogP contribution in [0.3, 0.4) is 0 Å². The van der Waals surface area contributed by atoms with Gasteiger partial charge < -0.3 is 22.1 Å². The minimum absolute atomic E-state index is 0. The van der Waals surface area contributed by atoms with Gasteiger partial charge in [0, 0.05) is 25.2 Å². The van der Waals surface area contributed by atoms with Gasteiger partial charge >= 0.3 is 0 Å². The van der Waals surface area contributed by atoms with Gasteiger partial charge in [-0.1, -0.05) is 71.1 Å². The molecule has 0 unspecified atom stereocenters. The zero-order chi connectivity index (χ0) is 18.0. The maximum absolute atomic E-state index is 8.74. The van der Waals surface area contributed by atoms with E-state index in [1.165, 1.54) is 95.5 Å². The minimum atomic E-state index is 0. The van der Waals surface area contributed by atoms with Crippen molar-refractivity contribution in [2.75, 3.05) is 6.61 Å². The summed E-state index contributed by atoms with van der Waals surface area (Å²) in [6.45, 7) is 3.80. The first kappa shape index (κ1) is 25.6. The van der Waals surface area contributed by atoms with Gasteiger partial charge in [0.15, 0.2) is 12.4 Å². The second kappa shape index (κ2) is 19.4. The minimum Gasteiger partial charge on any atom is -1.00 e. The molecule has 0 bridgehead atoms. The van der Waals surface area contributed by atoms with Crippen LogP contribution in [0.5, 0.6) is 0 Å². The maximum atomic E-state index is 8.74. The number of aryl methyl sites for hydroxylation is 2. The Balaban J connectivity index is 0.00000625. The molecule has 0 aliphatic rings. The van der Waals surface area contributed by atoms with Gasteiger partial charge in [-0.05, 0) is 31.2 Å². The highest BCUT2D eigenvalue weighted by molar-refractivity contribution is 5.07. The quantitative estimate of drug-likeness (QED) is 0.299. The highest BCUT2D eigenvalue weighted by Crippen LogP contribution is 2.10. The summed E-state index contributed by atoms with van der Waals surface area (Å²) in [6, 6.07) is 4.62. The third kappa shape index (κ3) is 14.7. The van der Waals surface area contributed by atoms with Crippen LogP contribution in [0.4, 0.5) is 0 Å². The Kier molecular flexibility index (Phi) is 19.0. The largest absolute Gasteiger partial charge is 1.00 e. The number of nitrogens with zero attached hydrogens (tertiary/aromatic N) is 1. The molecule has 0 radical (unpaired) electrons. The number of rotatable bonds is 17. The zero-order valence-electron chi connectivity index (χ0n) is 17.1. The number of aliphatic hydroxyl groups excluding tert-OH is 1. The van der Waals surface area contributed by atoms with Crippen molar-refractivity contribution in [3.8, 4) is 0 Å². The zero-order valence-corrected chi connectivity index (χ0v) is 18.7. The van der Waals surface area contributed by atoms with Crippen LogP contribution in [0.15, 0.2) is 24.5 Å². The van der Waals surface area contributed by atoms with Crippen molar-refractivity contribution in [3.63, 3.8) is 0 Å². The Hall–Kier alpha value is -0.410. The van der Waals surface area contributed by atoms with Gasteiger partial charge in [-0.15, -0.1) is 0 Å². The van der Waals surface area contributed by atoms with E-state index in [4.69, 9.17) is 5.11 Å². The van der Waals surface area contributed by atoms with Gasteiger partial charge in [-0.2, -0.15) is 0 Å². The molecular formula is C23H42BrNO. The predicted octanol–water partition coefficient (Wildman–Crippen LogP) is 2.99. The summed E-state index contributed by atoms with van der Waals surface area (Å²) in [5.41, 5.74) is 1.49. The molecule has 26 heavy (non-hydrogen) atoms. The highest BCUT2D eigenvalue weighted by Gasteiger charge is 2.01. The SMILES string of the molecule is CCCCCCc1cc[n+](CCCCCCCCCCCCO)cc1.[Br-]. The lowest BCUT2D eigenvalue weighted by atomic mass is 10.1. The molecule has 0 aliphatic carbocycles. The summed E-state index contributed by atoms with van der Waals surface area (Å²) in [6.07, 6.45) is 24.2. The first-order valence-corrected chi connectivity index (χ1v) is 11.0. The molecule has 1 aromatic rings. The van der Waals surface area contributed by atoms with Crippen molar-refractivity contribution in [1.82, 2.24) is 0 Å². The summed E-state index contributed by atoms with van der Waals surface area (Å²) in [5.74, 6) is 0. The molecule has 3 heteroatoms. The molecule has 0 saturated heterocycles. The standard InChI is InChI=1S/C23H42NO.BrH/c1-2-3-4-13-16-23-17-20-24(21-18-23)19-14-11-9-7-5-6-8-10-12-15-22-25;/h17-18,20-21,25H,2-16,19,22H2,1H3;1H/q+1;/p-1.